The first-order valence-electron chi connectivity index (χ1n) is 9.66. The first-order chi connectivity index (χ1) is 14.2. The summed E-state index contributed by atoms with van der Waals surface area (Å²) in [4.78, 5) is 23.5. The molecule has 7 nitrogen and oxygen atoms in total. The Labute approximate surface area is 171 Å². The number of nitrogens with one attached hydrogen (secondary N) is 1. The minimum atomic E-state index is -0.214. The number of nitrogen functional groups attached to an aromatic ring is 1. The fraction of sp³-hybridized carbons (Fsp3) is 0.238. The van der Waals surface area contributed by atoms with Gasteiger partial charge in [-0.2, -0.15) is 9.78 Å². The van der Waals surface area contributed by atoms with Crippen molar-refractivity contribution in [1.82, 2.24) is 20.0 Å². The second kappa shape index (κ2) is 7.29. The Morgan fingerprint density at radius 2 is 1.93 bits per heavy atom. The number of benzene rings is 1. The van der Waals surface area contributed by atoms with Crippen LogP contribution in [0.3, 0.4) is 0 Å². The summed E-state index contributed by atoms with van der Waals surface area (Å²) >= 11 is 1.57. The topological polar surface area (TPSA) is 98.2 Å². The lowest BCUT2D eigenvalue weighted by atomic mass is 10.2. The summed E-state index contributed by atoms with van der Waals surface area (Å²) in [5.41, 5.74) is 9.14. The minimum absolute atomic E-state index is 0.184. The zero-order valence-electron chi connectivity index (χ0n) is 15.7. The van der Waals surface area contributed by atoms with Gasteiger partial charge in [-0.3, -0.25) is 4.79 Å². The summed E-state index contributed by atoms with van der Waals surface area (Å²) in [7, 11) is 0. The van der Waals surface area contributed by atoms with Gasteiger partial charge in [0.1, 0.15) is 16.9 Å². The van der Waals surface area contributed by atoms with Crippen LogP contribution in [0.25, 0.3) is 22.2 Å². The molecule has 29 heavy (non-hydrogen) atoms. The van der Waals surface area contributed by atoms with Crippen LogP contribution in [0.5, 0.6) is 0 Å². The molecule has 3 heterocycles. The largest absolute Gasteiger partial charge is 0.383 e. The quantitative estimate of drug-likeness (QED) is 0.506. The molecule has 1 saturated carbocycles. The van der Waals surface area contributed by atoms with Gasteiger partial charge in [-0.25, -0.2) is 9.97 Å². The summed E-state index contributed by atoms with van der Waals surface area (Å²) in [5, 5.41) is 9.60. The van der Waals surface area contributed by atoms with E-state index in [1.54, 1.807) is 17.6 Å². The minimum Gasteiger partial charge on any atom is -0.383 e. The number of para-hydroxylation sites is 2. The van der Waals surface area contributed by atoms with E-state index in [1.165, 1.54) is 4.68 Å². The fourth-order valence-corrected chi connectivity index (χ4v) is 4.37. The van der Waals surface area contributed by atoms with Gasteiger partial charge in [-0.15, -0.1) is 11.3 Å². The van der Waals surface area contributed by atoms with Crippen molar-refractivity contribution in [3.63, 3.8) is 0 Å². The monoisotopic (exact) mass is 404 g/mol. The highest BCUT2D eigenvalue weighted by atomic mass is 32.1. The second-order valence-corrected chi connectivity index (χ2v) is 8.15. The van der Waals surface area contributed by atoms with Crippen LogP contribution in [0.15, 0.2) is 46.9 Å². The predicted molar refractivity (Wildman–Crippen MR) is 116 cm³/mol. The number of hydrogen-bond donors (Lipinski definition) is 2. The number of nitrogens with zero attached hydrogens (tertiary/aromatic N) is 4. The molecule has 0 unspecified atom stereocenters. The first kappa shape index (κ1) is 17.8. The van der Waals surface area contributed by atoms with Gasteiger partial charge in [0.25, 0.3) is 5.91 Å². The van der Waals surface area contributed by atoms with E-state index in [-0.39, 0.29) is 17.8 Å². The molecule has 1 aliphatic carbocycles. The molecule has 0 saturated heterocycles. The van der Waals surface area contributed by atoms with Gasteiger partial charge >= 0.3 is 0 Å². The molecule has 8 heteroatoms. The molecule has 0 bridgehead atoms. The van der Waals surface area contributed by atoms with Crippen molar-refractivity contribution in [1.29, 1.82) is 0 Å². The molecule has 0 radical (unpaired) electrons. The maximum atomic E-state index is 13.1. The molecule has 3 aromatic heterocycles. The smallest absolute Gasteiger partial charge is 0.257 e. The number of carbonyl (C=O) groups is 1. The molecule has 0 aliphatic heterocycles. The number of hydrogen-bond acceptors (Lipinski definition) is 6. The van der Waals surface area contributed by atoms with Crippen LogP contribution in [0.4, 0.5) is 5.82 Å². The SMILES string of the molecule is Nc1c(C(=O)NC2CCCC2)c2nc3ccccc3nc2n1/N=C/c1cccs1. The second-order valence-electron chi connectivity index (χ2n) is 7.17. The number of amides is 1. The van der Waals surface area contributed by atoms with E-state index in [1.807, 2.05) is 41.8 Å². The van der Waals surface area contributed by atoms with Crippen molar-refractivity contribution in [2.75, 3.05) is 5.73 Å². The number of anilines is 1. The summed E-state index contributed by atoms with van der Waals surface area (Å²) < 4.78 is 1.51. The number of fused-ring (bicyclic) bond motifs is 2. The Bertz CT molecular complexity index is 1220. The summed E-state index contributed by atoms with van der Waals surface area (Å²) in [5.74, 6) is 0.0349. The van der Waals surface area contributed by atoms with E-state index in [2.05, 4.69) is 10.4 Å². The van der Waals surface area contributed by atoms with Crippen molar-refractivity contribution in [3.8, 4) is 0 Å². The summed E-state index contributed by atoms with van der Waals surface area (Å²) in [6, 6.07) is 11.7. The Morgan fingerprint density at radius 1 is 1.17 bits per heavy atom. The lowest BCUT2D eigenvalue weighted by molar-refractivity contribution is 0.0940. The van der Waals surface area contributed by atoms with E-state index in [0.717, 1.165) is 36.1 Å². The molecule has 1 aliphatic rings. The number of thiophene rings is 1. The van der Waals surface area contributed by atoms with E-state index in [0.29, 0.717) is 22.2 Å². The van der Waals surface area contributed by atoms with Crippen molar-refractivity contribution in [2.24, 2.45) is 5.10 Å². The zero-order chi connectivity index (χ0) is 19.8. The van der Waals surface area contributed by atoms with Gasteiger partial charge in [-0.05, 0) is 36.4 Å². The normalized spacial score (nSPS) is 15.0. The van der Waals surface area contributed by atoms with Crippen molar-refractivity contribution < 1.29 is 4.79 Å². The highest BCUT2D eigenvalue weighted by Gasteiger charge is 2.26. The standard InChI is InChI=1S/C21H20N6OS/c22-19-17(21(28)24-13-6-1-2-7-13)18-20(26-16-10-4-3-9-15(16)25-18)27(19)23-12-14-8-5-11-29-14/h3-5,8-13H,1-2,6-7,22H2,(H,24,28)/b23-12+. The summed E-state index contributed by atoms with van der Waals surface area (Å²) in [6.45, 7) is 0. The Morgan fingerprint density at radius 3 is 2.66 bits per heavy atom. The highest BCUT2D eigenvalue weighted by molar-refractivity contribution is 7.11. The number of carbonyl (C=O) groups excluding carboxylic acids is 1. The van der Waals surface area contributed by atoms with E-state index >= 15 is 0 Å². The number of nitrogens with two attached hydrogens (primary N) is 1. The van der Waals surface area contributed by atoms with Crippen LogP contribution in [0.1, 0.15) is 40.9 Å². The average molecular weight is 404 g/mol. The van der Waals surface area contributed by atoms with Crippen LogP contribution in [0.2, 0.25) is 0 Å². The number of aromatic nitrogens is 3. The lowest BCUT2D eigenvalue weighted by Crippen LogP contribution is -2.33. The van der Waals surface area contributed by atoms with E-state index < -0.39 is 0 Å². The molecule has 3 N–H and O–H groups in total. The Kier molecular flexibility index (Phi) is 4.48. The highest BCUT2D eigenvalue weighted by Crippen LogP contribution is 2.28. The molecule has 1 amide bonds. The van der Waals surface area contributed by atoms with Crippen LogP contribution in [0, 0.1) is 0 Å². The van der Waals surface area contributed by atoms with Gasteiger partial charge in [-0.1, -0.05) is 31.0 Å². The van der Waals surface area contributed by atoms with E-state index in [4.69, 9.17) is 15.7 Å². The van der Waals surface area contributed by atoms with Crippen LogP contribution >= 0.6 is 11.3 Å². The first-order valence-corrected chi connectivity index (χ1v) is 10.5. The molecular weight excluding hydrogens is 384 g/mol. The molecule has 1 aromatic carbocycles. The summed E-state index contributed by atoms with van der Waals surface area (Å²) in [6.07, 6.45) is 5.98. The lowest BCUT2D eigenvalue weighted by Gasteiger charge is -2.11. The Balaban J connectivity index is 1.67. The molecular formula is C21H20N6OS. The van der Waals surface area contributed by atoms with Gasteiger partial charge in [0.15, 0.2) is 5.65 Å². The fourth-order valence-electron chi connectivity index (χ4n) is 3.80. The number of rotatable bonds is 4. The zero-order valence-corrected chi connectivity index (χ0v) is 16.5. The third-order valence-electron chi connectivity index (χ3n) is 5.23. The Hall–Kier alpha value is -3.26. The molecule has 146 valence electrons. The molecule has 5 rings (SSSR count). The van der Waals surface area contributed by atoms with Gasteiger partial charge < -0.3 is 11.1 Å². The maximum absolute atomic E-state index is 13.1. The maximum Gasteiger partial charge on any atom is 0.257 e. The molecule has 4 aromatic rings. The third-order valence-corrected chi connectivity index (χ3v) is 6.04. The van der Waals surface area contributed by atoms with Crippen LogP contribution < -0.4 is 11.1 Å². The van der Waals surface area contributed by atoms with Gasteiger partial charge in [0.2, 0.25) is 0 Å². The predicted octanol–water partition coefficient (Wildman–Crippen LogP) is 3.78. The van der Waals surface area contributed by atoms with Crippen molar-refractivity contribution in [3.05, 3.63) is 52.2 Å². The molecule has 0 spiro atoms. The molecule has 0 atom stereocenters. The molecule has 1 fully saturated rings. The van der Waals surface area contributed by atoms with Crippen molar-refractivity contribution >= 4 is 51.5 Å². The van der Waals surface area contributed by atoms with Gasteiger partial charge in [0.05, 0.1) is 17.2 Å². The average Bonchev–Trinajstić information content (AvgIpc) is 3.46. The van der Waals surface area contributed by atoms with Gasteiger partial charge in [0, 0.05) is 10.9 Å². The van der Waals surface area contributed by atoms with Crippen molar-refractivity contribution in [2.45, 2.75) is 31.7 Å². The van der Waals surface area contributed by atoms with E-state index in [9.17, 15) is 4.79 Å². The van der Waals surface area contributed by atoms with Crippen LogP contribution in [-0.2, 0) is 0 Å². The van der Waals surface area contributed by atoms with Crippen LogP contribution in [-0.4, -0.2) is 32.8 Å². The third kappa shape index (κ3) is 3.25.